The molecule has 0 atom stereocenters. The molecule has 2 aromatic carbocycles. The Bertz CT molecular complexity index is 813. The molecule has 3 nitrogen and oxygen atoms in total. The first-order valence-corrected chi connectivity index (χ1v) is 7.60. The molecule has 0 spiro atoms. The number of hydrogen-bond acceptors (Lipinski definition) is 4. The van der Waals surface area contributed by atoms with Gasteiger partial charge in [-0.3, -0.25) is 0 Å². The number of aryl methyl sites for hydroxylation is 1. The summed E-state index contributed by atoms with van der Waals surface area (Å²) < 4.78 is 6.44. The molecule has 3 rings (SSSR count). The molecule has 106 valence electrons. The average Bonchev–Trinajstić information content (AvgIpc) is 2.84. The van der Waals surface area contributed by atoms with Crippen molar-refractivity contribution in [1.82, 2.24) is 4.98 Å². The van der Waals surface area contributed by atoms with E-state index in [0.29, 0.717) is 10.6 Å². The van der Waals surface area contributed by atoms with Gasteiger partial charge in [0.25, 0.3) is 0 Å². The number of halogens is 1. The number of benzene rings is 2. The minimum Gasteiger partial charge on any atom is -0.457 e. The van der Waals surface area contributed by atoms with E-state index in [1.165, 1.54) is 0 Å². The van der Waals surface area contributed by atoms with Gasteiger partial charge in [-0.05, 0) is 36.8 Å². The van der Waals surface area contributed by atoms with E-state index in [-0.39, 0.29) is 6.61 Å². The van der Waals surface area contributed by atoms with E-state index in [0.717, 1.165) is 20.8 Å². The third-order valence-corrected chi connectivity index (χ3v) is 4.30. The van der Waals surface area contributed by atoms with Crippen LogP contribution in [0.4, 0.5) is 0 Å². The van der Waals surface area contributed by atoms with Crippen LogP contribution in [0.5, 0.6) is 0 Å². The number of ether oxygens (including phenoxy) is 1. The second kappa shape index (κ2) is 5.84. The zero-order chi connectivity index (χ0) is 14.8. The Balaban J connectivity index is 1.74. The van der Waals surface area contributed by atoms with E-state index in [4.69, 9.17) is 16.3 Å². The maximum Gasteiger partial charge on any atom is 0.339 e. The van der Waals surface area contributed by atoms with E-state index in [1.54, 1.807) is 35.6 Å². The van der Waals surface area contributed by atoms with Crippen LogP contribution in [0.3, 0.4) is 0 Å². The summed E-state index contributed by atoms with van der Waals surface area (Å²) in [6, 6.07) is 12.7. The molecule has 0 saturated carbocycles. The van der Waals surface area contributed by atoms with Gasteiger partial charge in [-0.25, -0.2) is 9.78 Å². The lowest BCUT2D eigenvalue weighted by atomic mass is 10.2. The first-order valence-electron chi connectivity index (χ1n) is 6.41. The Hall–Kier alpha value is -1.91. The lowest BCUT2D eigenvalue weighted by Crippen LogP contribution is -2.05. The highest BCUT2D eigenvalue weighted by atomic mass is 35.5. The minimum atomic E-state index is -0.421. The molecule has 0 unspecified atom stereocenters. The Labute approximate surface area is 131 Å². The summed E-state index contributed by atoms with van der Waals surface area (Å²) >= 11 is 7.62. The van der Waals surface area contributed by atoms with Gasteiger partial charge in [0.15, 0.2) is 0 Å². The maximum absolute atomic E-state index is 12.0. The molecule has 0 radical (unpaired) electrons. The quantitative estimate of drug-likeness (QED) is 0.662. The molecular formula is C16H12ClNO2S. The van der Waals surface area contributed by atoms with Gasteiger partial charge in [-0.15, -0.1) is 11.3 Å². The minimum absolute atomic E-state index is 0.205. The molecule has 0 bridgehead atoms. The first-order chi connectivity index (χ1) is 10.1. The van der Waals surface area contributed by atoms with Gasteiger partial charge < -0.3 is 4.74 Å². The average molecular weight is 318 g/mol. The standard InChI is InChI=1S/C16H12ClNO2S/c1-10-18-14-8-11(6-7-15(14)21-10)9-20-16(19)12-4-2-3-5-13(12)17/h2-8H,9H2,1H3. The molecule has 1 heterocycles. The third kappa shape index (κ3) is 3.06. The molecule has 1 aromatic heterocycles. The molecular weight excluding hydrogens is 306 g/mol. The maximum atomic E-state index is 12.0. The summed E-state index contributed by atoms with van der Waals surface area (Å²) in [5.41, 5.74) is 2.22. The van der Waals surface area contributed by atoms with Gasteiger partial charge >= 0.3 is 5.97 Å². The molecule has 0 aliphatic rings. The van der Waals surface area contributed by atoms with Crippen LogP contribution in [0.1, 0.15) is 20.9 Å². The Kier molecular flexibility index (Phi) is 3.90. The predicted molar refractivity (Wildman–Crippen MR) is 84.9 cm³/mol. The van der Waals surface area contributed by atoms with Crippen molar-refractivity contribution < 1.29 is 9.53 Å². The molecule has 21 heavy (non-hydrogen) atoms. The second-order valence-corrected chi connectivity index (χ2v) is 6.23. The van der Waals surface area contributed by atoms with E-state index in [2.05, 4.69) is 4.98 Å². The summed E-state index contributed by atoms with van der Waals surface area (Å²) in [7, 11) is 0. The second-order valence-electron chi connectivity index (χ2n) is 4.59. The molecule has 0 aliphatic heterocycles. The smallest absolute Gasteiger partial charge is 0.339 e. The lowest BCUT2D eigenvalue weighted by molar-refractivity contribution is 0.0473. The highest BCUT2D eigenvalue weighted by molar-refractivity contribution is 7.18. The van der Waals surface area contributed by atoms with Crippen LogP contribution in [-0.2, 0) is 11.3 Å². The SMILES string of the molecule is Cc1nc2cc(COC(=O)c3ccccc3Cl)ccc2s1. The van der Waals surface area contributed by atoms with Crippen LogP contribution >= 0.6 is 22.9 Å². The highest BCUT2D eigenvalue weighted by Gasteiger charge is 2.11. The van der Waals surface area contributed by atoms with Crippen LogP contribution in [0.25, 0.3) is 10.2 Å². The largest absolute Gasteiger partial charge is 0.457 e. The first kappa shape index (κ1) is 14.0. The van der Waals surface area contributed by atoms with Gasteiger partial charge in [-0.1, -0.05) is 29.8 Å². The predicted octanol–water partition coefficient (Wildman–Crippen LogP) is 4.62. The summed E-state index contributed by atoms with van der Waals surface area (Å²) in [5.74, 6) is -0.421. The summed E-state index contributed by atoms with van der Waals surface area (Å²) in [6.07, 6.45) is 0. The Morgan fingerprint density at radius 1 is 1.29 bits per heavy atom. The van der Waals surface area contributed by atoms with Gasteiger partial charge in [-0.2, -0.15) is 0 Å². The molecule has 0 aliphatic carbocycles. The van der Waals surface area contributed by atoms with Crippen molar-refractivity contribution in [2.75, 3.05) is 0 Å². The normalized spacial score (nSPS) is 10.8. The fraction of sp³-hybridized carbons (Fsp3) is 0.125. The molecule has 0 fully saturated rings. The zero-order valence-corrected chi connectivity index (χ0v) is 12.9. The van der Waals surface area contributed by atoms with Gasteiger partial charge in [0.2, 0.25) is 0 Å². The zero-order valence-electron chi connectivity index (χ0n) is 11.3. The number of carbonyl (C=O) groups excluding carboxylic acids is 1. The van der Waals surface area contributed by atoms with Crippen LogP contribution in [0.15, 0.2) is 42.5 Å². The van der Waals surface area contributed by atoms with Crippen LogP contribution in [0.2, 0.25) is 5.02 Å². The topological polar surface area (TPSA) is 39.2 Å². The summed E-state index contributed by atoms with van der Waals surface area (Å²) in [6.45, 7) is 2.18. The van der Waals surface area contributed by atoms with Crippen LogP contribution < -0.4 is 0 Å². The highest BCUT2D eigenvalue weighted by Crippen LogP contribution is 2.23. The molecule has 0 N–H and O–H groups in total. The molecule has 0 amide bonds. The van der Waals surface area contributed by atoms with Crippen molar-refractivity contribution in [3.63, 3.8) is 0 Å². The molecule has 5 heteroatoms. The lowest BCUT2D eigenvalue weighted by Gasteiger charge is -2.06. The summed E-state index contributed by atoms with van der Waals surface area (Å²) in [5, 5.41) is 1.42. The Morgan fingerprint density at radius 2 is 2.10 bits per heavy atom. The number of nitrogens with zero attached hydrogens (tertiary/aromatic N) is 1. The van der Waals surface area contributed by atoms with Crippen LogP contribution in [-0.4, -0.2) is 11.0 Å². The van der Waals surface area contributed by atoms with E-state index in [1.807, 2.05) is 25.1 Å². The van der Waals surface area contributed by atoms with Crippen molar-refractivity contribution in [1.29, 1.82) is 0 Å². The number of aromatic nitrogens is 1. The van der Waals surface area contributed by atoms with Gasteiger partial charge in [0.05, 0.1) is 25.8 Å². The fourth-order valence-electron chi connectivity index (χ4n) is 2.03. The van der Waals surface area contributed by atoms with Gasteiger partial charge in [0, 0.05) is 0 Å². The molecule has 3 aromatic rings. The van der Waals surface area contributed by atoms with E-state index < -0.39 is 5.97 Å². The van der Waals surface area contributed by atoms with Crippen molar-refractivity contribution in [3.05, 3.63) is 63.6 Å². The Morgan fingerprint density at radius 3 is 2.90 bits per heavy atom. The van der Waals surface area contributed by atoms with Gasteiger partial charge in [0.1, 0.15) is 6.61 Å². The number of hydrogen-bond donors (Lipinski definition) is 0. The van der Waals surface area contributed by atoms with Crippen molar-refractivity contribution >= 4 is 39.1 Å². The third-order valence-electron chi connectivity index (χ3n) is 3.02. The van der Waals surface area contributed by atoms with Crippen molar-refractivity contribution in [2.45, 2.75) is 13.5 Å². The van der Waals surface area contributed by atoms with Crippen molar-refractivity contribution in [3.8, 4) is 0 Å². The summed E-state index contributed by atoms with van der Waals surface area (Å²) in [4.78, 5) is 16.4. The number of fused-ring (bicyclic) bond motifs is 1. The van der Waals surface area contributed by atoms with Crippen LogP contribution in [0, 0.1) is 6.92 Å². The number of rotatable bonds is 3. The number of thiazole rings is 1. The van der Waals surface area contributed by atoms with E-state index >= 15 is 0 Å². The fourth-order valence-corrected chi connectivity index (χ4v) is 3.05. The van der Waals surface area contributed by atoms with E-state index in [9.17, 15) is 4.79 Å². The number of esters is 1. The van der Waals surface area contributed by atoms with Crippen molar-refractivity contribution in [2.24, 2.45) is 0 Å². The number of carbonyl (C=O) groups is 1. The molecule has 0 saturated heterocycles. The monoisotopic (exact) mass is 317 g/mol.